The maximum absolute atomic E-state index is 5.56. The number of hydrogen-bond donors (Lipinski definition) is 2. The van der Waals surface area contributed by atoms with Crippen LogP contribution in [-0.2, 0) is 0 Å². The Morgan fingerprint density at radius 3 is 2.79 bits per heavy atom. The molecule has 0 aliphatic rings. The van der Waals surface area contributed by atoms with Crippen molar-refractivity contribution in [3.8, 4) is 12.3 Å². The molecular formula is C10H12BrN3. The average Bonchev–Trinajstić information content (AvgIpc) is 2.10. The fourth-order valence-corrected chi connectivity index (χ4v) is 1.34. The topological polar surface area (TPSA) is 50.9 Å². The molecule has 0 amide bonds. The number of nitrogens with one attached hydrogen (secondary N) is 1. The predicted molar refractivity (Wildman–Crippen MR) is 62.9 cm³/mol. The maximum atomic E-state index is 5.56. The van der Waals surface area contributed by atoms with Crippen LogP contribution in [0.4, 0.5) is 11.5 Å². The summed E-state index contributed by atoms with van der Waals surface area (Å²) < 4.78 is 0.806. The molecule has 3 N–H and O–H groups in total. The van der Waals surface area contributed by atoms with Gasteiger partial charge in [0.05, 0.1) is 21.9 Å². The molecule has 3 nitrogen and oxygen atoms in total. The van der Waals surface area contributed by atoms with E-state index in [1.807, 2.05) is 13.8 Å². The first-order chi connectivity index (χ1) is 6.44. The number of nitrogens with zero attached hydrogens (tertiary/aromatic N) is 1. The van der Waals surface area contributed by atoms with Gasteiger partial charge in [-0.15, -0.1) is 6.42 Å². The summed E-state index contributed by atoms with van der Waals surface area (Å²) in [5.41, 5.74) is 5.75. The van der Waals surface area contributed by atoms with Crippen LogP contribution >= 0.6 is 15.9 Å². The lowest BCUT2D eigenvalue weighted by molar-refractivity contribution is 0.735. The van der Waals surface area contributed by atoms with E-state index in [4.69, 9.17) is 12.2 Å². The first-order valence-corrected chi connectivity index (χ1v) is 4.91. The second kappa shape index (κ2) is 3.89. The van der Waals surface area contributed by atoms with Crippen LogP contribution in [0.2, 0.25) is 0 Å². The summed E-state index contributed by atoms with van der Waals surface area (Å²) in [5.74, 6) is 3.32. The summed E-state index contributed by atoms with van der Waals surface area (Å²) in [6, 6.07) is 1.78. The summed E-state index contributed by atoms with van der Waals surface area (Å²) in [6.07, 6.45) is 6.94. The quantitative estimate of drug-likeness (QED) is 0.796. The van der Waals surface area contributed by atoms with Crippen molar-refractivity contribution in [2.45, 2.75) is 19.4 Å². The standard InChI is InChI=1S/C10H12BrN3/c1-4-10(2,3)14-9-8(11)5-7(12)6-13-9/h1,5-6H,12H2,2-3H3,(H,13,14). The van der Waals surface area contributed by atoms with Crippen LogP contribution in [0.25, 0.3) is 0 Å². The van der Waals surface area contributed by atoms with Gasteiger partial charge in [-0.3, -0.25) is 0 Å². The highest BCUT2D eigenvalue weighted by Gasteiger charge is 2.15. The summed E-state index contributed by atoms with van der Waals surface area (Å²) in [7, 11) is 0. The molecule has 1 rings (SSSR count). The van der Waals surface area contributed by atoms with Crippen LogP contribution in [0, 0.1) is 12.3 Å². The largest absolute Gasteiger partial charge is 0.397 e. The third-order valence-electron chi connectivity index (χ3n) is 1.65. The molecule has 0 radical (unpaired) electrons. The Kier molecular flexibility index (Phi) is 3.02. The molecule has 0 bridgehead atoms. The molecule has 0 atom stereocenters. The number of halogens is 1. The number of hydrogen-bond acceptors (Lipinski definition) is 3. The fourth-order valence-electron chi connectivity index (χ4n) is 0.877. The molecule has 1 aromatic heterocycles. The van der Waals surface area contributed by atoms with E-state index in [1.54, 1.807) is 12.3 Å². The lowest BCUT2D eigenvalue weighted by atomic mass is 10.1. The number of nitrogen functional groups attached to an aromatic ring is 1. The lowest BCUT2D eigenvalue weighted by Crippen LogP contribution is -2.29. The van der Waals surface area contributed by atoms with Crippen molar-refractivity contribution >= 4 is 27.4 Å². The number of anilines is 2. The Bertz CT molecular complexity index is 379. The van der Waals surface area contributed by atoms with Gasteiger partial charge in [-0.05, 0) is 35.8 Å². The third kappa shape index (κ3) is 2.64. The van der Waals surface area contributed by atoms with Gasteiger partial charge in [-0.2, -0.15) is 0 Å². The Balaban J connectivity index is 2.94. The van der Waals surface area contributed by atoms with Gasteiger partial charge in [0.25, 0.3) is 0 Å². The number of rotatable bonds is 2. The second-order valence-corrected chi connectivity index (χ2v) is 4.35. The highest BCUT2D eigenvalue weighted by Crippen LogP contribution is 2.24. The van der Waals surface area contributed by atoms with E-state index in [9.17, 15) is 0 Å². The van der Waals surface area contributed by atoms with E-state index in [0.29, 0.717) is 11.5 Å². The van der Waals surface area contributed by atoms with E-state index in [1.165, 1.54) is 0 Å². The second-order valence-electron chi connectivity index (χ2n) is 3.49. The predicted octanol–water partition coefficient (Wildman–Crippen LogP) is 2.25. The molecule has 0 aromatic carbocycles. The average molecular weight is 254 g/mol. The Labute approximate surface area is 92.2 Å². The molecule has 0 saturated heterocycles. The van der Waals surface area contributed by atoms with E-state index in [2.05, 4.69) is 32.2 Å². The van der Waals surface area contributed by atoms with Crippen LogP contribution in [0.5, 0.6) is 0 Å². The Morgan fingerprint density at radius 2 is 2.29 bits per heavy atom. The van der Waals surface area contributed by atoms with Crippen molar-refractivity contribution in [1.82, 2.24) is 4.98 Å². The molecule has 1 heterocycles. The van der Waals surface area contributed by atoms with Crippen molar-refractivity contribution in [3.63, 3.8) is 0 Å². The van der Waals surface area contributed by atoms with Crippen LogP contribution in [-0.4, -0.2) is 10.5 Å². The number of pyridine rings is 1. The van der Waals surface area contributed by atoms with Crippen LogP contribution in [0.1, 0.15) is 13.8 Å². The van der Waals surface area contributed by atoms with Gasteiger partial charge in [-0.1, -0.05) is 5.92 Å². The summed E-state index contributed by atoms with van der Waals surface area (Å²) in [5, 5.41) is 3.11. The number of aromatic nitrogens is 1. The smallest absolute Gasteiger partial charge is 0.141 e. The summed E-state index contributed by atoms with van der Waals surface area (Å²) in [6.45, 7) is 3.80. The molecule has 0 spiro atoms. The van der Waals surface area contributed by atoms with Crippen molar-refractivity contribution in [3.05, 3.63) is 16.7 Å². The van der Waals surface area contributed by atoms with Crippen LogP contribution in [0.15, 0.2) is 16.7 Å². The Morgan fingerprint density at radius 1 is 1.64 bits per heavy atom. The molecule has 1 aromatic rings. The lowest BCUT2D eigenvalue weighted by Gasteiger charge is -2.21. The molecule has 74 valence electrons. The van der Waals surface area contributed by atoms with E-state index in [0.717, 1.165) is 4.47 Å². The monoisotopic (exact) mass is 253 g/mol. The Hall–Kier alpha value is -1.21. The molecule has 14 heavy (non-hydrogen) atoms. The van der Waals surface area contributed by atoms with Crippen molar-refractivity contribution < 1.29 is 0 Å². The zero-order valence-electron chi connectivity index (χ0n) is 8.13. The molecule has 0 aliphatic carbocycles. The van der Waals surface area contributed by atoms with Gasteiger partial charge in [-0.25, -0.2) is 4.98 Å². The zero-order valence-corrected chi connectivity index (χ0v) is 9.72. The maximum Gasteiger partial charge on any atom is 0.141 e. The molecule has 0 saturated carbocycles. The van der Waals surface area contributed by atoms with Gasteiger partial charge in [0.1, 0.15) is 5.82 Å². The minimum atomic E-state index is -0.425. The molecule has 4 heteroatoms. The summed E-state index contributed by atoms with van der Waals surface area (Å²) in [4.78, 5) is 4.13. The minimum absolute atomic E-state index is 0.425. The number of nitrogens with two attached hydrogens (primary N) is 1. The zero-order chi connectivity index (χ0) is 10.8. The SMILES string of the molecule is C#CC(C)(C)Nc1ncc(N)cc1Br. The highest BCUT2D eigenvalue weighted by molar-refractivity contribution is 9.10. The third-order valence-corrected chi connectivity index (χ3v) is 2.26. The van der Waals surface area contributed by atoms with E-state index >= 15 is 0 Å². The molecule has 0 unspecified atom stereocenters. The molecule has 0 fully saturated rings. The van der Waals surface area contributed by atoms with E-state index in [-0.39, 0.29) is 0 Å². The van der Waals surface area contributed by atoms with Crippen molar-refractivity contribution in [2.24, 2.45) is 0 Å². The van der Waals surface area contributed by atoms with Crippen LogP contribution < -0.4 is 11.1 Å². The highest BCUT2D eigenvalue weighted by atomic mass is 79.9. The normalized spacial score (nSPS) is 10.7. The molecule has 0 aliphatic heterocycles. The van der Waals surface area contributed by atoms with Crippen molar-refractivity contribution in [1.29, 1.82) is 0 Å². The first kappa shape index (κ1) is 10.9. The molecular weight excluding hydrogens is 242 g/mol. The fraction of sp³-hybridized carbons (Fsp3) is 0.300. The minimum Gasteiger partial charge on any atom is -0.397 e. The number of terminal acetylenes is 1. The van der Waals surface area contributed by atoms with Crippen LogP contribution in [0.3, 0.4) is 0 Å². The van der Waals surface area contributed by atoms with Gasteiger partial charge in [0.2, 0.25) is 0 Å². The van der Waals surface area contributed by atoms with Gasteiger partial charge < -0.3 is 11.1 Å². The first-order valence-electron chi connectivity index (χ1n) is 4.11. The van der Waals surface area contributed by atoms with E-state index < -0.39 is 5.54 Å². The van der Waals surface area contributed by atoms with Gasteiger partial charge in [0, 0.05) is 0 Å². The van der Waals surface area contributed by atoms with Crippen molar-refractivity contribution in [2.75, 3.05) is 11.1 Å². The summed E-state index contributed by atoms with van der Waals surface area (Å²) >= 11 is 3.36. The van der Waals surface area contributed by atoms with Gasteiger partial charge >= 0.3 is 0 Å². The van der Waals surface area contributed by atoms with Gasteiger partial charge in [0.15, 0.2) is 0 Å².